The van der Waals surface area contributed by atoms with Crippen LogP contribution in [0.3, 0.4) is 0 Å². The highest BCUT2D eigenvalue weighted by Gasteiger charge is 2.41. The molecular formula is C11H8ClNO3. The first-order valence-corrected chi connectivity index (χ1v) is 5.37. The molecule has 1 saturated heterocycles. The summed E-state index contributed by atoms with van der Waals surface area (Å²) in [6, 6.07) is 4.83. The van der Waals surface area contributed by atoms with Gasteiger partial charge in [0.15, 0.2) is 6.23 Å². The zero-order valence-electron chi connectivity index (χ0n) is 8.27. The van der Waals surface area contributed by atoms with Crippen molar-refractivity contribution in [3.63, 3.8) is 0 Å². The standard InChI is InChI=1S/C11H8ClNO3/c12-6-1-2-7-8(5-6)13-9(14)3-4-10(13)16-11(7)15/h1-2,5,10H,3-4H2/t10-/m0/s1. The fraction of sp³-hybridized carbons (Fsp3) is 0.273. The Balaban J connectivity index is 2.19. The van der Waals surface area contributed by atoms with Crippen LogP contribution in [0.15, 0.2) is 18.2 Å². The van der Waals surface area contributed by atoms with E-state index in [2.05, 4.69) is 0 Å². The normalized spacial score (nSPS) is 22.8. The van der Waals surface area contributed by atoms with Crippen molar-refractivity contribution in [1.82, 2.24) is 0 Å². The molecule has 0 aliphatic carbocycles. The second-order valence-corrected chi connectivity index (χ2v) is 4.26. The second kappa shape index (κ2) is 3.22. The minimum Gasteiger partial charge on any atom is -0.437 e. The van der Waals surface area contributed by atoms with Crippen LogP contribution in [0.5, 0.6) is 0 Å². The Kier molecular flexibility index (Phi) is 1.94. The number of carbonyl (C=O) groups excluding carboxylic acids is 2. The SMILES string of the molecule is O=C1O[C@H]2CCC(=O)N2c2cc(Cl)ccc21. The van der Waals surface area contributed by atoms with Crippen molar-refractivity contribution in [3.05, 3.63) is 28.8 Å². The van der Waals surface area contributed by atoms with E-state index in [0.29, 0.717) is 29.1 Å². The maximum absolute atomic E-state index is 11.7. The van der Waals surface area contributed by atoms with Crippen molar-refractivity contribution in [3.8, 4) is 0 Å². The quantitative estimate of drug-likeness (QED) is 0.648. The van der Waals surface area contributed by atoms with E-state index < -0.39 is 6.23 Å². The first kappa shape index (κ1) is 9.66. The zero-order chi connectivity index (χ0) is 11.3. The van der Waals surface area contributed by atoms with E-state index in [9.17, 15) is 9.59 Å². The van der Waals surface area contributed by atoms with Crippen LogP contribution in [0.4, 0.5) is 5.69 Å². The van der Waals surface area contributed by atoms with Crippen LogP contribution >= 0.6 is 11.6 Å². The Morgan fingerprint density at radius 1 is 1.38 bits per heavy atom. The highest BCUT2D eigenvalue weighted by molar-refractivity contribution is 6.31. The number of carbonyl (C=O) groups is 2. The van der Waals surface area contributed by atoms with Gasteiger partial charge >= 0.3 is 5.97 Å². The molecule has 1 amide bonds. The molecule has 5 heteroatoms. The predicted octanol–water partition coefficient (Wildman–Crippen LogP) is 1.96. The summed E-state index contributed by atoms with van der Waals surface area (Å²) < 4.78 is 5.17. The summed E-state index contributed by atoms with van der Waals surface area (Å²) in [6.45, 7) is 0. The lowest BCUT2D eigenvalue weighted by molar-refractivity contribution is -0.117. The van der Waals surface area contributed by atoms with E-state index in [-0.39, 0.29) is 11.9 Å². The number of hydrogen-bond donors (Lipinski definition) is 0. The average molecular weight is 238 g/mol. The van der Waals surface area contributed by atoms with Crippen molar-refractivity contribution >= 4 is 29.2 Å². The van der Waals surface area contributed by atoms with E-state index in [4.69, 9.17) is 16.3 Å². The van der Waals surface area contributed by atoms with E-state index in [1.54, 1.807) is 18.2 Å². The first-order chi connectivity index (χ1) is 7.66. The molecule has 3 rings (SSSR count). The molecule has 2 aliphatic rings. The molecule has 82 valence electrons. The molecule has 2 aliphatic heterocycles. The molecule has 0 unspecified atom stereocenters. The fourth-order valence-electron chi connectivity index (χ4n) is 2.12. The molecule has 1 aromatic rings. The molecule has 1 aromatic carbocycles. The predicted molar refractivity (Wildman–Crippen MR) is 57.4 cm³/mol. The van der Waals surface area contributed by atoms with Crippen LogP contribution in [0.25, 0.3) is 0 Å². The number of anilines is 1. The Labute approximate surface area is 96.7 Å². The summed E-state index contributed by atoms with van der Waals surface area (Å²) in [4.78, 5) is 24.8. The van der Waals surface area contributed by atoms with Gasteiger partial charge in [-0.25, -0.2) is 4.79 Å². The molecule has 1 atom stereocenters. The van der Waals surface area contributed by atoms with Gasteiger partial charge in [-0.3, -0.25) is 9.69 Å². The van der Waals surface area contributed by atoms with Gasteiger partial charge in [-0.05, 0) is 18.2 Å². The maximum Gasteiger partial charge on any atom is 0.342 e. The first-order valence-electron chi connectivity index (χ1n) is 4.99. The molecule has 0 spiro atoms. The molecule has 0 aromatic heterocycles. The van der Waals surface area contributed by atoms with Gasteiger partial charge in [0, 0.05) is 17.9 Å². The van der Waals surface area contributed by atoms with Crippen LogP contribution in [-0.4, -0.2) is 18.1 Å². The Hall–Kier alpha value is -1.55. The van der Waals surface area contributed by atoms with E-state index in [1.165, 1.54) is 4.90 Å². The molecule has 16 heavy (non-hydrogen) atoms. The molecule has 0 bridgehead atoms. The van der Waals surface area contributed by atoms with Crippen molar-refractivity contribution in [1.29, 1.82) is 0 Å². The molecule has 0 N–H and O–H groups in total. The molecule has 1 fully saturated rings. The minimum atomic E-state index is -0.453. The lowest BCUT2D eigenvalue weighted by Gasteiger charge is -2.30. The van der Waals surface area contributed by atoms with Gasteiger partial charge in [-0.2, -0.15) is 0 Å². The topological polar surface area (TPSA) is 46.6 Å². The summed E-state index contributed by atoms with van der Waals surface area (Å²) in [6.07, 6.45) is 0.506. The maximum atomic E-state index is 11.7. The Bertz CT molecular complexity index is 500. The van der Waals surface area contributed by atoms with E-state index in [0.717, 1.165) is 0 Å². The summed E-state index contributed by atoms with van der Waals surface area (Å²) in [5.74, 6) is -0.413. The Morgan fingerprint density at radius 2 is 2.19 bits per heavy atom. The van der Waals surface area contributed by atoms with Crippen LogP contribution in [0.1, 0.15) is 23.2 Å². The number of esters is 1. The number of benzene rings is 1. The Morgan fingerprint density at radius 3 is 3.00 bits per heavy atom. The van der Waals surface area contributed by atoms with Crippen molar-refractivity contribution in [2.45, 2.75) is 19.1 Å². The fourth-order valence-corrected chi connectivity index (χ4v) is 2.29. The van der Waals surface area contributed by atoms with Gasteiger partial charge in [-0.15, -0.1) is 0 Å². The summed E-state index contributed by atoms with van der Waals surface area (Å²) in [7, 11) is 0. The molecule has 0 saturated carbocycles. The van der Waals surface area contributed by atoms with Crippen LogP contribution in [0.2, 0.25) is 5.02 Å². The number of nitrogens with zero attached hydrogens (tertiary/aromatic N) is 1. The van der Waals surface area contributed by atoms with Gasteiger partial charge in [0.2, 0.25) is 5.91 Å². The number of hydrogen-bond acceptors (Lipinski definition) is 3. The molecular weight excluding hydrogens is 230 g/mol. The third-order valence-electron chi connectivity index (χ3n) is 2.84. The van der Waals surface area contributed by atoms with Gasteiger partial charge in [0.05, 0.1) is 11.3 Å². The van der Waals surface area contributed by atoms with Gasteiger partial charge in [0.1, 0.15) is 0 Å². The monoisotopic (exact) mass is 237 g/mol. The number of amides is 1. The lowest BCUT2D eigenvalue weighted by atomic mass is 10.1. The highest BCUT2D eigenvalue weighted by atomic mass is 35.5. The average Bonchev–Trinajstić information content (AvgIpc) is 2.60. The van der Waals surface area contributed by atoms with Crippen molar-refractivity contribution in [2.75, 3.05) is 4.90 Å². The highest BCUT2D eigenvalue weighted by Crippen LogP contribution is 2.36. The summed E-state index contributed by atoms with van der Waals surface area (Å²) in [5.41, 5.74) is 0.965. The van der Waals surface area contributed by atoms with E-state index in [1.807, 2.05) is 0 Å². The summed E-state index contributed by atoms with van der Waals surface area (Å²) >= 11 is 5.87. The number of fused-ring (bicyclic) bond motifs is 3. The van der Waals surface area contributed by atoms with Gasteiger partial charge in [-0.1, -0.05) is 11.6 Å². The number of rotatable bonds is 0. The largest absolute Gasteiger partial charge is 0.437 e. The van der Waals surface area contributed by atoms with Crippen LogP contribution < -0.4 is 4.90 Å². The number of halogens is 1. The third kappa shape index (κ3) is 1.23. The molecule has 4 nitrogen and oxygen atoms in total. The minimum absolute atomic E-state index is 0.0268. The number of ether oxygens (including phenoxy) is 1. The van der Waals surface area contributed by atoms with Crippen LogP contribution in [-0.2, 0) is 9.53 Å². The van der Waals surface area contributed by atoms with Gasteiger partial charge in [0.25, 0.3) is 0 Å². The van der Waals surface area contributed by atoms with Crippen molar-refractivity contribution < 1.29 is 14.3 Å². The van der Waals surface area contributed by atoms with Crippen LogP contribution in [0, 0.1) is 0 Å². The third-order valence-corrected chi connectivity index (χ3v) is 3.08. The second-order valence-electron chi connectivity index (χ2n) is 3.82. The van der Waals surface area contributed by atoms with Crippen molar-refractivity contribution in [2.24, 2.45) is 0 Å². The lowest BCUT2D eigenvalue weighted by Crippen LogP contribution is -2.41. The molecule has 2 heterocycles. The molecule has 0 radical (unpaired) electrons. The van der Waals surface area contributed by atoms with Gasteiger partial charge < -0.3 is 4.74 Å². The zero-order valence-corrected chi connectivity index (χ0v) is 9.03. The van der Waals surface area contributed by atoms with E-state index >= 15 is 0 Å². The smallest absolute Gasteiger partial charge is 0.342 e. The summed E-state index contributed by atoms with van der Waals surface area (Å²) in [5, 5.41) is 0.506.